The molecule has 3 atom stereocenters. The summed E-state index contributed by atoms with van der Waals surface area (Å²) in [5.41, 5.74) is 0. The molecule has 0 fully saturated rings. The topological polar surface area (TPSA) is 89.8 Å². The lowest BCUT2D eigenvalue weighted by Crippen LogP contribution is -2.46. The van der Waals surface area contributed by atoms with Crippen LogP contribution in [-0.2, 0) is 4.79 Å². The van der Waals surface area contributed by atoms with Crippen LogP contribution in [0, 0.1) is 0 Å². The van der Waals surface area contributed by atoms with Gasteiger partial charge in [-0.3, -0.25) is 4.79 Å². The second-order valence-corrected chi connectivity index (χ2v) is 12.5. The van der Waals surface area contributed by atoms with Crippen molar-refractivity contribution in [1.29, 1.82) is 0 Å². The molecule has 0 spiro atoms. The third-order valence-electron chi connectivity index (χ3n) is 8.42. The summed E-state index contributed by atoms with van der Waals surface area (Å²) in [7, 11) is 0. The number of hydrogen-bond acceptors (Lipinski definition) is 4. The molecule has 40 heavy (non-hydrogen) atoms. The van der Waals surface area contributed by atoms with E-state index >= 15 is 0 Å². The van der Waals surface area contributed by atoms with Gasteiger partial charge in [0.25, 0.3) is 0 Å². The molecule has 0 heterocycles. The zero-order valence-electron chi connectivity index (χ0n) is 27.0. The van der Waals surface area contributed by atoms with Crippen molar-refractivity contribution in [2.75, 3.05) is 6.61 Å². The van der Waals surface area contributed by atoms with Gasteiger partial charge < -0.3 is 20.6 Å². The van der Waals surface area contributed by atoms with Gasteiger partial charge in [-0.2, -0.15) is 0 Å². The monoisotopic (exact) mass is 570 g/mol. The Morgan fingerprint density at radius 1 is 0.525 bits per heavy atom. The van der Waals surface area contributed by atoms with Crippen LogP contribution in [0.5, 0.6) is 0 Å². The predicted molar refractivity (Wildman–Crippen MR) is 172 cm³/mol. The molecular formula is C35H71NO4. The van der Waals surface area contributed by atoms with E-state index in [-0.39, 0.29) is 18.9 Å². The zero-order valence-corrected chi connectivity index (χ0v) is 27.0. The lowest BCUT2D eigenvalue weighted by atomic mass is 10.0. The lowest BCUT2D eigenvalue weighted by Gasteiger charge is -2.23. The molecule has 5 nitrogen and oxygen atoms in total. The molecule has 1 amide bonds. The first-order valence-corrected chi connectivity index (χ1v) is 17.8. The summed E-state index contributed by atoms with van der Waals surface area (Å²) in [6, 6.07) is -0.649. The molecule has 0 aromatic rings. The average molecular weight is 570 g/mol. The van der Waals surface area contributed by atoms with Crippen molar-refractivity contribution < 1.29 is 20.1 Å². The van der Waals surface area contributed by atoms with Crippen LogP contribution in [0.4, 0.5) is 0 Å². The molecule has 0 bridgehead atoms. The second-order valence-electron chi connectivity index (χ2n) is 12.5. The largest absolute Gasteiger partial charge is 0.394 e. The number of rotatable bonds is 32. The van der Waals surface area contributed by atoms with Gasteiger partial charge in [-0.05, 0) is 12.8 Å². The third-order valence-corrected chi connectivity index (χ3v) is 8.42. The first kappa shape index (κ1) is 39.4. The standard InChI is InChI=1S/C35H71NO4/c1-3-5-7-9-11-13-14-15-16-17-18-19-21-22-24-26-28-32(38)30-35(40)36-33(31-37)34(39)29-27-25-23-20-12-10-8-6-4-2/h32-34,37-39H,3-31H2,1-2H3,(H,36,40). The average Bonchev–Trinajstić information content (AvgIpc) is 2.94. The van der Waals surface area contributed by atoms with Crippen LogP contribution >= 0.6 is 0 Å². The molecule has 0 saturated heterocycles. The van der Waals surface area contributed by atoms with Crippen LogP contribution < -0.4 is 5.32 Å². The van der Waals surface area contributed by atoms with Gasteiger partial charge in [0.2, 0.25) is 5.91 Å². The van der Waals surface area contributed by atoms with Crippen molar-refractivity contribution >= 4 is 5.91 Å². The van der Waals surface area contributed by atoms with Gasteiger partial charge in [-0.15, -0.1) is 0 Å². The number of amides is 1. The molecule has 0 aliphatic carbocycles. The van der Waals surface area contributed by atoms with E-state index in [1.165, 1.54) is 135 Å². The normalized spacial score (nSPS) is 13.8. The Balaban J connectivity index is 3.62. The SMILES string of the molecule is CCCCCCCCCCCCCCCCCCC(O)CC(=O)NC(CO)C(O)CCCCCCCCCCC. The fraction of sp³-hybridized carbons (Fsp3) is 0.971. The van der Waals surface area contributed by atoms with E-state index in [2.05, 4.69) is 19.2 Å². The Kier molecular flexibility index (Phi) is 30.8. The lowest BCUT2D eigenvalue weighted by molar-refractivity contribution is -0.125. The van der Waals surface area contributed by atoms with Crippen molar-refractivity contribution in [2.24, 2.45) is 0 Å². The number of aliphatic hydroxyl groups is 3. The van der Waals surface area contributed by atoms with Gasteiger partial charge in [-0.25, -0.2) is 0 Å². The summed E-state index contributed by atoms with van der Waals surface area (Å²) in [5.74, 6) is -0.283. The Morgan fingerprint density at radius 3 is 1.20 bits per heavy atom. The predicted octanol–water partition coefficient (Wildman–Crippen LogP) is 9.15. The van der Waals surface area contributed by atoms with Gasteiger partial charge in [0.1, 0.15) is 0 Å². The molecule has 0 saturated carbocycles. The summed E-state index contributed by atoms with van der Waals surface area (Å²) < 4.78 is 0. The summed E-state index contributed by atoms with van der Waals surface area (Å²) in [4.78, 5) is 12.3. The Morgan fingerprint density at radius 2 is 0.850 bits per heavy atom. The minimum absolute atomic E-state index is 0.0417. The maximum absolute atomic E-state index is 12.3. The van der Waals surface area contributed by atoms with Gasteiger partial charge >= 0.3 is 0 Å². The molecular weight excluding hydrogens is 498 g/mol. The highest BCUT2D eigenvalue weighted by atomic mass is 16.3. The van der Waals surface area contributed by atoms with Crippen molar-refractivity contribution in [3.05, 3.63) is 0 Å². The Bertz CT molecular complexity index is 516. The summed E-state index contributed by atoms with van der Waals surface area (Å²) in [6.07, 6.45) is 32.0. The number of unbranched alkanes of at least 4 members (excludes halogenated alkanes) is 23. The van der Waals surface area contributed by atoms with Gasteiger partial charge in [0, 0.05) is 0 Å². The van der Waals surface area contributed by atoms with E-state index in [1.807, 2.05) is 0 Å². The van der Waals surface area contributed by atoms with E-state index < -0.39 is 18.2 Å². The number of hydrogen-bond donors (Lipinski definition) is 4. The van der Waals surface area contributed by atoms with Crippen LogP contribution in [0.15, 0.2) is 0 Å². The molecule has 3 unspecified atom stereocenters. The van der Waals surface area contributed by atoms with Gasteiger partial charge in [0.05, 0.1) is 31.3 Å². The van der Waals surface area contributed by atoms with Crippen LogP contribution in [0.1, 0.15) is 194 Å². The van der Waals surface area contributed by atoms with Gasteiger partial charge in [-0.1, -0.05) is 174 Å². The molecule has 4 N–H and O–H groups in total. The fourth-order valence-electron chi connectivity index (χ4n) is 5.64. The minimum atomic E-state index is -0.740. The fourth-order valence-corrected chi connectivity index (χ4v) is 5.64. The zero-order chi connectivity index (χ0) is 29.5. The van der Waals surface area contributed by atoms with Gasteiger partial charge in [0.15, 0.2) is 0 Å². The highest BCUT2D eigenvalue weighted by Crippen LogP contribution is 2.16. The number of carbonyl (C=O) groups is 1. The first-order valence-electron chi connectivity index (χ1n) is 17.8. The van der Waals surface area contributed by atoms with Crippen LogP contribution in [0.3, 0.4) is 0 Å². The smallest absolute Gasteiger partial charge is 0.222 e. The number of carbonyl (C=O) groups excluding carboxylic acids is 1. The van der Waals surface area contributed by atoms with Crippen LogP contribution in [0.2, 0.25) is 0 Å². The minimum Gasteiger partial charge on any atom is -0.394 e. The van der Waals surface area contributed by atoms with Crippen LogP contribution in [-0.4, -0.2) is 46.1 Å². The van der Waals surface area contributed by atoms with E-state index in [4.69, 9.17) is 0 Å². The van der Waals surface area contributed by atoms with E-state index in [0.717, 1.165) is 25.7 Å². The van der Waals surface area contributed by atoms with E-state index in [1.54, 1.807) is 0 Å². The quantitative estimate of drug-likeness (QED) is 0.0608. The maximum atomic E-state index is 12.3. The number of aliphatic hydroxyl groups excluding tert-OH is 3. The molecule has 0 radical (unpaired) electrons. The summed E-state index contributed by atoms with van der Waals surface area (Å²) >= 11 is 0. The summed E-state index contributed by atoms with van der Waals surface area (Å²) in [5, 5.41) is 33.1. The highest BCUT2D eigenvalue weighted by molar-refractivity contribution is 5.76. The Labute approximate surface area is 249 Å². The van der Waals surface area contributed by atoms with Crippen molar-refractivity contribution in [3.8, 4) is 0 Å². The van der Waals surface area contributed by atoms with Crippen molar-refractivity contribution in [3.63, 3.8) is 0 Å². The van der Waals surface area contributed by atoms with E-state index in [9.17, 15) is 20.1 Å². The molecule has 0 aromatic heterocycles. The third kappa shape index (κ3) is 27.5. The summed E-state index contributed by atoms with van der Waals surface area (Å²) in [6.45, 7) is 4.23. The molecule has 240 valence electrons. The van der Waals surface area contributed by atoms with Crippen molar-refractivity contribution in [2.45, 2.75) is 212 Å². The van der Waals surface area contributed by atoms with Crippen LogP contribution in [0.25, 0.3) is 0 Å². The first-order chi connectivity index (χ1) is 19.5. The van der Waals surface area contributed by atoms with E-state index in [0.29, 0.717) is 12.8 Å². The maximum Gasteiger partial charge on any atom is 0.222 e. The van der Waals surface area contributed by atoms with Crippen molar-refractivity contribution in [1.82, 2.24) is 5.32 Å². The Hall–Kier alpha value is -0.650. The number of nitrogens with one attached hydrogen (secondary N) is 1. The molecule has 0 aliphatic heterocycles. The molecule has 0 aliphatic rings. The highest BCUT2D eigenvalue weighted by Gasteiger charge is 2.21. The molecule has 0 rings (SSSR count). The molecule has 5 heteroatoms. The molecule has 0 aromatic carbocycles. The second kappa shape index (κ2) is 31.3.